The summed E-state index contributed by atoms with van der Waals surface area (Å²) >= 11 is 0. The number of likely N-dealkylation sites (N-methyl/N-ethyl adjacent to an activating group) is 3. The molecule has 3 aliphatic rings. The van der Waals surface area contributed by atoms with Crippen LogP contribution in [0.4, 0.5) is 26.8 Å². The molecule has 7 aromatic rings. The van der Waals surface area contributed by atoms with E-state index in [1.54, 1.807) is 61.6 Å². The molecule has 6 heterocycles. The number of fused-ring (bicyclic) bond motifs is 6. The van der Waals surface area contributed by atoms with E-state index in [2.05, 4.69) is 43.1 Å². The SMILES string of the molecule is COc1ccc2cc3[n+](cc2c1OC(=O)CCCCNC(=O)c1cc(/N=N/c2ccc(COC(=O)N(C)CCN(C)C(=O)n4ccc5c(N(C)[C@H]6CN(C(=O)CN)CC[C@H]6C)ncnc54)cc2)ccc1O)CCc1cc2c(cc1-3)OCO2. The van der Waals surface area contributed by atoms with Crippen LogP contribution in [0.1, 0.15) is 54.1 Å². The molecule has 23 nitrogen and oxygen atoms in total. The molecule has 4 aromatic carbocycles. The number of unbranched alkanes of at least 4 members (excludes halogenated alkanes) is 1. The number of hydrogen-bond donors (Lipinski definition) is 3. The molecular weight excluding hydrogens is 1050 g/mol. The number of nitrogens with two attached hydrogens (primary N) is 1. The normalized spacial score (nSPS) is 15.2. The fourth-order valence-corrected chi connectivity index (χ4v) is 10.4. The Kier molecular flexibility index (Phi) is 16.7. The third-order valence-electron chi connectivity index (χ3n) is 15.3. The van der Waals surface area contributed by atoms with Crippen molar-refractivity contribution in [3.8, 4) is 40.0 Å². The number of hydrogen-bond acceptors (Lipinski definition) is 17. The van der Waals surface area contributed by atoms with E-state index in [4.69, 9.17) is 29.4 Å². The number of piperidine rings is 1. The number of azo groups is 1. The van der Waals surface area contributed by atoms with E-state index in [0.717, 1.165) is 47.2 Å². The predicted octanol–water partition coefficient (Wildman–Crippen LogP) is 7.26. The van der Waals surface area contributed by atoms with Gasteiger partial charge in [-0.05, 0) is 102 Å². The summed E-state index contributed by atoms with van der Waals surface area (Å²) in [5.74, 6) is 1.90. The zero-order valence-electron chi connectivity index (χ0n) is 46.4. The van der Waals surface area contributed by atoms with E-state index < -0.39 is 18.0 Å². The number of ether oxygens (including phenoxy) is 5. The quantitative estimate of drug-likeness (QED) is 0.0251. The molecule has 4 amide bonds. The first-order valence-electron chi connectivity index (χ1n) is 27.1. The number of esters is 1. The lowest BCUT2D eigenvalue weighted by Gasteiger charge is -2.42. The second-order valence-electron chi connectivity index (χ2n) is 20.6. The summed E-state index contributed by atoms with van der Waals surface area (Å²) in [4.78, 5) is 81.2. The summed E-state index contributed by atoms with van der Waals surface area (Å²) in [6.45, 7) is 4.83. The van der Waals surface area contributed by atoms with Crippen molar-refractivity contribution < 1.29 is 57.3 Å². The van der Waals surface area contributed by atoms with Crippen LogP contribution in [-0.2, 0) is 33.9 Å². The number of carbonyl (C=O) groups excluding carboxylic acids is 5. The molecule has 82 heavy (non-hydrogen) atoms. The number of rotatable bonds is 18. The van der Waals surface area contributed by atoms with Gasteiger partial charge in [-0.1, -0.05) is 19.1 Å². The Labute approximate surface area is 472 Å². The lowest BCUT2D eigenvalue weighted by molar-refractivity contribution is -0.686. The molecule has 0 bridgehead atoms. The third-order valence-corrected chi connectivity index (χ3v) is 15.3. The van der Waals surface area contributed by atoms with Gasteiger partial charge in [-0.2, -0.15) is 14.8 Å². The Morgan fingerprint density at radius 1 is 0.902 bits per heavy atom. The van der Waals surface area contributed by atoms with Crippen LogP contribution in [0.2, 0.25) is 0 Å². The van der Waals surface area contributed by atoms with Gasteiger partial charge in [0.1, 0.15) is 24.5 Å². The summed E-state index contributed by atoms with van der Waals surface area (Å²) in [6, 6.07) is 22.5. The predicted molar refractivity (Wildman–Crippen MR) is 302 cm³/mol. The van der Waals surface area contributed by atoms with Crippen molar-refractivity contribution in [1.82, 2.24) is 34.6 Å². The minimum atomic E-state index is -0.577. The molecule has 0 radical (unpaired) electrons. The largest absolute Gasteiger partial charge is 0.507 e. The van der Waals surface area contributed by atoms with Crippen LogP contribution in [0.5, 0.6) is 28.7 Å². The Morgan fingerprint density at radius 3 is 2.46 bits per heavy atom. The number of benzene rings is 4. The van der Waals surface area contributed by atoms with Crippen molar-refractivity contribution in [2.24, 2.45) is 21.9 Å². The first kappa shape index (κ1) is 55.9. The minimum Gasteiger partial charge on any atom is -0.507 e. The molecule has 4 N–H and O–H groups in total. The lowest BCUT2D eigenvalue weighted by Crippen LogP contribution is -2.54. The number of aromatic nitrogens is 4. The molecule has 2 atom stereocenters. The molecule has 3 aromatic heterocycles. The highest BCUT2D eigenvalue weighted by atomic mass is 16.7. The van der Waals surface area contributed by atoms with Crippen molar-refractivity contribution in [1.29, 1.82) is 0 Å². The number of methoxy groups -OCH3 is 1. The maximum Gasteiger partial charge on any atom is 0.409 e. The monoisotopic (exact) mass is 1120 g/mol. The Morgan fingerprint density at radius 2 is 1.67 bits per heavy atom. The van der Waals surface area contributed by atoms with Crippen LogP contribution in [0.15, 0.2) is 108 Å². The highest BCUT2D eigenvalue weighted by Gasteiger charge is 2.34. The number of phenols is 1. The van der Waals surface area contributed by atoms with E-state index in [0.29, 0.717) is 77.0 Å². The van der Waals surface area contributed by atoms with E-state index in [-0.39, 0.29) is 81.2 Å². The van der Waals surface area contributed by atoms with Crippen LogP contribution in [0, 0.1) is 5.92 Å². The first-order chi connectivity index (χ1) is 39.7. The van der Waals surface area contributed by atoms with Gasteiger partial charge in [-0.3, -0.25) is 19.0 Å². The number of amides is 4. The number of pyridine rings is 1. The van der Waals surface area contributed by atoms with Crippen LogP contribution in [0.25, 0.3) is 33.1 Å². The third kappa shape index (κ3) is 12.0. The summed E-state index contributed by atoms with van der Waals surface area (Å²) < 4.78 is 32.0. The molecule has 1 fully saturated rings. The molecule has 23 heteroatoms. The number of nitrogens with one attached hydrogen (secondary N) is 1. The zero-order valence-corrected chi connectivity index (χ0v) is 46.4. The smallest absolute Gasteiger partial charge is 0.409 e. The Hall–Kier alpha value is -9.38. The average Bonchev–Trinajstić information content (AvgIpc) is 4.31. The van der Waals surface area contributed by atoms with Crippen molar-refractivity contribution in [3.63, 3.8) is 0 Å². The topological polar surface area (TPSA) is 262 Å². The second kappa shape index (κ2) is 24.5. The van der Waals surface area contributed by atoms with Gasteiger partial charge in [-0.15, -0.1) is 0 Å². The lowest BCUT2D eigenvalue weighted by atomic mass is 9.92. The summed E-state index contributed by atoms with van der Waals surface area (Å²) in [7, 11) is 6.70. The van der Waals surface area contributed by atoms with Gasteiger partial charge in [0.05, 0.1) is 53.0 Å². The molecule has 426 valence electrons. The van der Waals surface area contributed by atoms with Crippen molar-refractivity contribution in [2.75, 3.05) is 79.2 Å². The molecule has 0 spiro atoms. The molecule has 0 saturated carbocycles. The fourth-order valence-electron chi connectivity index (χ4n) is 10.4. The van der Waals surface area contributed by atoms with Gasteiger partial charge in [0.15, 0.2) is 41.4 Å². The van der Waals surface area contributed by atoms with Gasteiger partial charge >= 0.3 is 18.1 Å². The summed E-state index contributed by atoms with van der Waals surface area (Å²) in [5, 5.41) is 24.2. The van der Waals surface area contributed by atoms with Gasteiger partial charge < -0.3 is 59.4 Å². The van der Waals surface area contributed by atoms with E-state index in [1.807, 2.05) is 36.3 Å². The van der Waals surface area contributed by atoms with Crippen molar-refractivity contribution >= 4 is 68.9 Å². The molecule has 3 aliphatic heterocycles. The number of carbonyl (C=O) groups is 5. The Balaban J connectivity index is 0.655. The minimum absolute atomic E-state index is 0.0108. The Bertz CT molecular complexity index is 3610. The van der Waals surface area contributed by atoms with Crippen LogP contribution < -0.4 is 39.5 Å². The summed E-state index contributed by atoms with van der Waals surface area (Å²) in [5.41, 5.74) is 10.9. The maximum atomic E-state index is 13.7. The standard InChI is InChI=1S/C59H64N12O11/c1-36-17-21-70(52(73)30-60)32-47(36)68(4)55-42-19-23-71(56(42)63-34-62-55)58(76)66(2)24-25-67(3)59(77)79-33-37-9-12-40(13-10-37)64-65-41-14-15-48(72)44(28-41)57(75)61-20-7-6-8-53(74)82-54-45-31-69-22-18-39-27-50-51(81-35-80-50)29-43(39)46(69)26-38(45)11-16-49(54)78-5/h9-16,19,23,26-29,31,34,36,47H,6-8,17-18,20-22,24-25,30,32-33,35,60H2,1-5H3,(H-,61,64,72,75)/p+1/t36-,47+/m1/s1. The maximum absolute atomic E-state index is 13.7. The van der Waals surface area contributed by atoms with Gasteiger partial charge in [0.25, 0.3) is 5.91 Å². The van der Waals surface area contributed by atoms with E-state index >= 15 is 0 Å². The van der Waals surface area contributed by atoms with Crippen LogP contribution in [0.3, 0.4) is 0 Å². The van der Waals surface area contributed by atoms with Gasteiger partial charge in [0, 0.05) is 79.0 Å². The van der Waals surface area contributed by atoms with Gasteiger partial charge in [-0.25, -0.2) is 19.6 Å². The second-order valence-corrected chi connectivity index (χ2v) is 20.6. The number of likely N-dealkylation sites (tertiary alicyclic amines) is 1. The van der Waals surface area contributed by atoms with Crippen LogP contribution in [-0.4, -0.2) is 145 Å². The molecule has 0 aliphatic carbocycles. The number of anilines is 1. The fraction of sp³-hybridized carbons (Fsp3) is 0.356. The highest BCUT2D eigenvalue weighted by molar-refractivity contribution is 5.98. The van der Waals surface area contributed by atoms with E-state index in [9.17, 15) is 29.1 Å². The number of nitrogens with zero attached hydrogens (tertiary/aromatic N) is 10. The van der Waals surface area contributed by atoms with Crippen molar-refractivity contribution in [3.05, 3.63) is 114 Å². The van der Waals surface area contributed by atoms with E-state index in [1.165, 1.54) is 51.6 Å². The molecule has 1 saturated heterocycles. The van der Waals surface area contributed by atoms with Crippen LogP contribution >= 0.6 is 0 Å². The van der Waals surface area contributed by atoms with Crippen molar-refractivity contribution in [2.45, 2.75) is 58.2 Å². The number of aromatic hydroxyl groups is 1. The molecule has 10 rings (SSSR count). The zero-order chi connectivity index (χ0) is 57.6. The summed E-state index contributed by atoms with van der Waals surface area (Å²) in [6.07, 6.45) is 7.11. The van der Waals surface area contributed by atoms with Gasteiger partial charge in [0.2, 0.25) is 18.4 Å². The molecule has 0 unspecified atom stereocenters. The molecular formula is C59H65N12O11+. The number of phenolic OH excluding ortho intramolecular Hbond substituents is 1. The number of aryl methyl sites for hydroxylation is 2. The average molecular weight is 1120 g/mol. The first-order valence-corrected chi connectivity index (χ1v) is 27.1. The highest BCUT2D eigenvalue weighted by Crippen LogP contribution is 2.42.